The summed E-state index contributed by atoms with van der Waals surface area (Å²) in [5.74, 6) is 0.695. The Kier molecular flexibility index (Phi) is 5.05. The molecule has 1 fully saturated rings. The van der Waals surface area contributed by atoms with Gasteiger partial charge in [0.05, 0.1) is 6.04 Å². The molecule has 0 aromatic carbocycles. The molecule has 1 rings (SSSR count). The molecule has 1 heterocycles. The van der Waals surface area contributed by atoms with Crippen LogP contribution in [-0.2, 0) is 4.79 Å². The molecule has 2 N–H and O–H groups in total. The smallest absolute Gasteiger partial charge is 0.239 e. The van der Waals surface area contributed by atoms with E-state index in [4.69, 9.17) is 0 Å². The van der Waals surface area contributed by atoms with E-state index in [0.717, 1.165) is 26.1 Å². The van der Waals surface area contributed by atoms with Crippen molar-refractivity contribution in [2.45, 2.75) is 25.8 Å². The summed E-state index contributed by atoms with van der Waals surface area (Å²) < 4.78 is 0. The predicted molar refractivity (Wildman–Crippen MR) is 61.8 cm³/mol. The van der Waals surface area contributed by atoms with Gasteiger partial charge in [-0.25, -0.2) is 0 Å². The number of carbonyl (C=O) groups is 1. The Morgan fingerprint density at radius 3 is 2.93 bits per heavy atom. The summed E-state index contributed by atoms with van der Waals surface area (Å²) in [6, 6.07) is 0.0283. The number of hydrogen-bond acceptors (Lipinski definition) is 3. The van der Waals surface area contributed by atoms with Crippen LogP contribution in [0.25, 0.3) is 0 Å². The minimum absolute atomic E-state index is 0.0283. The van der Waals surface area contributed by atoms with Crippen molar-refractivity contribution in [3.63, 3.8) is 0 Å². The second-order valence-electron chi connectivity index (χ2n) is 4.41. The largest absolute Gasteiger partial charge is 0.343 e. The molecule has 1 saturated heterocycles. The molecule has 1 aliphatic rings. The minimum atomic E-state index is 0.0283. The van der Waals surface area contributed by atoms with Crippen LogP contribution in [0.15, 0.2) is 0 Å². The fourth-order valence-electron chi connectivity index (χ4n) is 2.01. The van der Waals surface area contributed by atoms with Crippen LogP contribution in [0.3, 0.4) is 0 Å². The van der Waals surface area contributed by atoms with Crippen molar-refractivity contribution in [3.05, 3.63) is 0 Å². The SMILES string of the molecule is CNCCN(C)C(=O)C1NCCCC1C. The van der Waals surface area contributed by atoms with Crippen LogP contribution in [-0.4, -0.2) is 50.6 Å². The van der Waals surface area contributed by atoms with Crippen LogP contribution in [0.5, 0.6) is 0 Å². The summed E-state index contributed by atoms with van der Waals surface area (Å²) in [7, 11) is 3.78. The van der Waals surface area contributed by atoms with E-state index in [1.807, 2.05) is 19.0 Å². The van der Waals surface area contributed by atoms with E-state index in [0.29, 0.717) is 5.92 Å². The highest BCUT2D eigenvalue weighted by Gasteiger charge is 2.29. The van der Waals surface area contributed by atoms with Gasteiger partial charge < -0.3 is 15.5 Å². The van der Waals surface area contributed by atoms with Crippen LogP contribution in [0.1, 0.15) is 19.8 Å². The van der Waals surface area contributed by atoms with Gasteiger partial charge in [-0.15, -0.1) is 0 Å². The maximum atomic E-state index is 12.1. The number of rotatable bonds is 4. The fraction of sp³-hybridized carbons (Fsp3) is 0.909. The van der Waals surface area contributed by atoms with Gasteiger partial charge >= 0.3 is 0 Å². The number of hydrogen-bond donors (Lipinski definition) is 2. The summed E-state index contributed by atoms with van der Waals surface area (Å²) >= 11 is 0. The number of nitrogens with one attached hydrogen (secondary N) is 2. The van der Waals surface area contributed by atoms with E-state index >= 15 is 0 Å². The third-order valence-corrected chi connectivity index (χ3v) is 3.11. The molecule has 0 aromatic rings. The lowest BCUT2D eigenvalue weighted by Gasteiger charge is -2.32. The van der Waals surface area contributed by atoms with Gasteiger partial charge in [0.2, 0.25) is 5.91 Å². The summed E-state index contributed by atoms with van der Waals surface area (Å²) in [4.78, 5) is 13.9. The fourth-order valence-corrected chi connectivity index (χ4v) is 2.01. The molecule has 0 radical (unpaired) electrons. The molecule has 1 aliphatic heterocycles. The first-order valence-corrected chi connectivity index (χ1v) is 5.79. The van der Waals surface area contributed by atoms with E-state index in [-0.39, 0.29) is 11.9 Å². The summed E-state index contributed by atoms with van der Waals surface area (Å²) in [5.41, 5.74) is 0. The summed E-state index contributed by atoms with van der Waals surface area (Å²) in [5, 5.41) is 6.37. The first kappa shape index (κ1) is 12.5. The van der Waals surface area contributed by atoms with Gasteiger partial charge in [-0.3, -0.25) is 4.79 Å². The first-order chi connectivity index (χ1) is 7.16. The normalized spacial score (nSPS) is 26.3. The maximum Gasteiger partial charge on any atom is 0.239 e. The Morgan fingerprint density at radius 1 is 1.60 bits per heavy atom. The summed E-state index contributed by atoms with van der Waals surface area (Å²) in [6.07, 6.45) is 2.34. The molecule has 15 heavy (non-hydrogen) atoms. The lowest BCUT2D eigenvalue weighted by Crippen LogP contribution is -2.52. The van der Waals surface area contributed by atoms with Crippen molar-refractivity contribution in [2.24, 2.45) is 5.92 Å². The number of amides is 1. The molecule has 2 atom stereocenters. The monoisotopic (exact) mass is 213 g/mol. The highest BCUT2D eigenvalue weighted by molar-refractivity contribution is 5.82. The van der Waals surface area contributed by atoms with Gasteiger partial charge in [0, 0.05) is 20.1 Å². The molecular weight excluding hydrogens is 190 g/mol. The Bertz CT molecular complexity index is 208. The van der Waals surface area contributed by atoms with E-state index < -0.39 is 0 Å². The zero-order chi connectivity index (χ0) is 11.3. The number of likely N-dealkylation sites (N-methyl/N-ethyl adjacent to an activating group) is 2. The van der Waals surface area contributed by atoms with E-state index in [1.165, 1.54) is 6.42 Å². The average molecular weight is 213 g/mol. The molecule has 0 saturated carbocycles. The molecule has 1 amide bonds. The van der Waals surface area contributed by atoms with Gasteiger partial charge in [-0.2, -0.15) is 0 Å². The standard InChI is InChI=1S/C11H23N3O/c1-9-5-4-6-13-10(9)11(15)14(3)8-7-12-2/h9-10,12-13H,4-8H2,1-3H3. The number of carbonyl (C=O) groups excluding carboxylic acids is 1. The van der Waals surface area contributed by atoms with Gasteiger partial charge in [-0.05, 0) is 32.4 Å². The van der Waals surface area contributed by atoms with Gasteiger partial charge in [0.15, 0.2) is 0 Å². The van der Waals surface area contributed by atoms with Gasteiger partial charge in [0.25, 0.3) is 0 Å². The van der Waals surface area contributed by atoms with Gasteiger partial charge in [0.1, 0.15) is 0 Å². The van der Waals surface area contributed by atoms with Crippen LogP contribution in [0.4, 0.5) is 0 Å². The van der Waals surface area contributed by atoms with Crippen LogP contribution >= 0.6 is 0 Å². The highest BCUT2D eigenvalue weighted by Crippen LogP contribution is 2.16. The Labute approximate surface area is 92.4 Å². The maximum absolute atomic E-state index is 12.1. The molecule has 4 heteroatoms. The lowest BCUT2D eigenvalue weighted by atomic mass is 9.92. The molecule has 4 nitrogen and oxygen atoms in total. The topological polar surface area (TPSA) is 44.4 Å². The number of nitrogens with zero attached hydrogens (tertiary/aromatic N) is 1. The van der Waals surface area contributed by atoms with Gasteiger partial charge in [-0.1, -0.05) is 6.92 Å². The third-order valence-electron chi connectivity index (χ3n) is 3.11. The van der Waals surface area contributed by atoms with Crippen molar-refractivity contribution in [3.8, 4) is 0 Å². The van der Waals surface area contributed by atoms with Crippen LogP contribution in [0.2, 0.25) is 0 Å². The Balaban J connectivity index is 2.43. The van der Waals surface area contributed by atoms with Crippen molar-refractivity contribution in [2.75, 3.05) is 33.7 Å². The van der Waals surface area contributed by atoms with Crippen LogP contribution in [0, 0.1) is 5.92 Å². The second-order valence-corrected chi connectivity index (χ2v) is 4.41. The molecular formula is C11H23N3O. The quantitative estimate of drug-likeness (QED) is 0.694. The minimum Gasteiger partial charge on any atom is -0.343 e. The Morgan fingerprint density at radius 2 is 2.33 bits per heavy atom. The van der Waals surface area contributed by atoms with E-state index in [1.54, 1.807) is 0 Å². The van der Waals surface area contributed by atoms with Crippen molar-refractivity contribution >= 4 is 5.91 Å². The lowest BCUT2D eigenvalue weighted by molar-refractivity contribution is -0.133. The molecule has 2 unspecified atom stereocenters. The molecule has 88 valence electrons. The van der Waals surface area contributed by atoms with Crippen molar-refractivity contribution in [1.82, 2.24) is 15.5 Å². The molecule has 0 spiro atoms. The average Bonchev–Trinajstić information content (AvgIpc) is 2.25. The molecule has 0 bridgehead atoms. The zero-order valence-electron chi connectivity index (χ0n) is 10.0. The predicted octanol–water partition coefficient (Wildman–Crippen LogP) is 0.0523. The third kappa shape index (κ3) is 3.47. The van der Waals surface area contributed by atoms with Crippen molar-refractivity contribution in [1.29, 1.82) is 0 Å². The van der Waals surface area contributed by atoms with Crippen LogP contribution < -0.4 is 10.6 Å². The van der Waals surface area contributed by atoms with Crippen molar-refractivity contribution < 1.29 is 4.79 Å². The molecule has 0 aliphatic carbocycles. The first-order valence-electron chi connectivity index (χ1n) is 5.79. The number of piperidine rings is 1. The molecule has 0 aromatic heterocycles. The zero-order valence-corrected chi connectivity index (χ0v) is 10.0. The van der Waals surface area contributed by atoms with E-state index in [2.05, 4.69) is 17.6 Å². The highest BCUT2D eigenvalue weighted by atomic mass is 16.2. The summed E-state index contributed by atoms with van der Waals surface area (Å²) in [6.45, 7) is 4.75. The second kappa shape index (κ2) is 6.08. The van der Waals surface area contributed by atoms with E-state index in [9.17, 15) is 4.79 Å². The Hall–Kier alpha value is -0.610.